The monoisotopic (exact) mass is 318 g/mol. The lowest BCUT2D eigenvalue weighted by molar-refractivity contribution is -0.126. The van der Waals surface area contributed by atoms with Crippen molar-refractivity contribution in [3.8, 4) is 0 Å². The van der Waals surface area contributed by atoms with Crippen molar-refractivity contribution in [3.63, 3.8) is 0 Å². The first-order valence-electron chi connectivity index (χ1n) is 8.22. The third kappa shape index (κ3) is 5.58. The number of rotatable bonds is 8. The maximum Gasteiger partial charge on any atom is 0.223 e. The SMILES string of the molecule is CCCC(CCC)C(=O)NC1CCN(S(=O)(=O)CC)CC1. The highest BCUT2D eigenvalue weighted by Crippen LogP contribution is 2.17. The molecule has 0 atom stereocenters. The van der Waals surface area contributed by atoms with E-state index < -0.39 is 10.0 Å². The number of piperidine rings is 1. The van der Waals surface area contributed by atoms with E-state index in [1.54, 1.807) is 11.2 Å². The van der Waals surface area contributed by atoms with E-state index in [1.807, 2.05) is 0 Å². The van der Waals surface area contributed by atoms with E-state index >= 15 is 0 Å². The van der Waals surface area contributed by atoms with Crippen LogP contribution in [0.15, 0.2) is 0 Å². The van der Waals surface area contributed by atoms with Gasteiger partial charge in [0.05, 0.1) is 5.75 Å². The minimum absolute atomic E-state index is 0.109. The topological polar surface area (TPSA) is 66.5 Å². The molecule has 0 unspecified atom stereocenters. The number of amides is 1. The molecule has 6 heteroatoms. The molecule has 0 spiro atoms. The fraction of sp³-hybridized carbons (Fsp3) is 0.933. The number of hydrogen-bond donors (Lipinski definition) is 1. The number of carbonyl (C=O) groups excluding carboxylic acids is 1. The van der Waals surface area contributed by atoms with Crippen molar-refractivity contribution in [1.29, 1.82) is 0 Å². The molecule has 0 radical (unpaired) electrons. The summed E-state index contributed by atoms with van der Waals surface area (Å²) in [6.07, 6.45) is 5.34. The normalized spacial score (nSPS) is 18.1. The summed E-state index contributed by atoms with van der Waals surface area (Å²) in [6, 6.07) is 0.122. The lowest BCUT2D eigenvalue weighted by Crippen LogP contribution is -2.48. The highest BCUT2D eigenvalue weighted by atomic mass is 32.2. The van der Waals surface area contributed by atoms with Crippen molar-refractivity contribution >= 4 is 15.9 Å². The standard InChI is InChI=1S/C15H30N2O3S/c1-4-7-13(8-5-2)15(18)16-14-9-11-17(12-10-14)21(19,20)6-3/h13-14H,4-12H2,1-3H3,(H,16,18). The Balaban J connectivity index is 2.46. The number of sulfonamides is 1. The first-order valence-corrected chi connectivity index (χ1v) is 9.83. The van der Waals surface area contributed by atoms with Gasteiger partial charge in [-0.1, -0.05) is 26.7 Å². The van der Waals surface area contributed by atoms with E-state index in [1.165, 1.54) is 0 Å². The lowest BCUT2D eigenvalue weighted by atomic mass is 9.96. The van der Waals surface area contributed by atoms with Crippen molar-refractivity contribution in [2.75, 3.05) is 18.8 Å². The molecule has 1 aliphatic rings. The van der Waals surface area contributed by atoms with Gasteiger partial charge in [-0.15, -0.1) is 0 Å². The second kappa shape index (κ2) is 8.73. The minimum atomic E-state index is -3.09. The highest BCUT2D eigenvalue weighted by Gasteiger charge is 2.28. The van der Waals surface area contributed by atoms with Gasteiger partial charge < -0.3 is 5.32 Å². The summed E-state index contributed by atoms with van der Waals surface area (Å²) in [4.78, 5) is 12.3. The average Bonchev–Trinajstić information content (AvgIpc) is 2.47. The van der Waals surface area contributed by atoms with Crippen LogP contribution >= 0.6 is 0 Å². The molecule has 5 nitrogen and oxygen atoms in total. The van der Waals surface area contributed by atoms with E-state index in [-0.39, 0.29) is 23.6 Å². The summed E-state index contributed by atoms with van der Waals surface area (Å²) in [5.41, 5.74) is 0. The first-order chi connectivity index (χ1) is 9.94. The van der Waals surface area contributed by atoms with Gasteiger partial charge in [-0.05, 0) is 32.6 Å². The molecular formula is C15H30N2O3S. The second-order valence-corrected chi connectivity index (χ2v) is 8.11. The van der Waals surface area contributed by atoms with E-state index in [4.69, 9.17) is 0 Å². The van der Waals surface area contributed by atoms with Gasteiger partial charge in [0.1, 0.15) is 0 Å². The van der Waals surface area contributed by atoms with E-state index in [0.717, 1.165) is 38.5 Å². The van der Waals surface area contributed by atoms with Gasteiger partial charge in [0.2, 0.25) is 15.9 Å². The largest absolute Gasteiger partial charge is 0.353 e. The van der Waals surface area contributed by atoms with E-state index in [2.05, 4.69) is 19.2 Å². The van der Waals surface area contributed by atoms with Crippen molar-refractivity contribution in [2.24, 2.45) is 5.92 Å². The van der Waals surface area contributed by atoms with Crippen LogP contribution in [0.1, 0.15) is 59.3 Å². The number of nitrogens with zero attached hydrogens (tertiary/aromatic N) is 1. The van der Waals surface area contributed by atoms with Gasteiger partial charge in [-0.3, -0.25) is 4.79 Å². The second-order valence-electron chi connectivity index (χ2n) is 5.86. The Morgan fingerprint density at radius 1 is 1.14 bits per heavy atom. The zero-order valence-corrected chi connectivity index (χ0v) is 14.4. The number of carbonyl (C=O) groups is 1. The molecule has 124 valence electrons. The van der Waals surface area contributed by atoms with Gasteiger partial charge in [0.15, 0.2) is 0 Å². The van der Waals surface area contributed by atoms with Gasteiger partial charge in [-0.2, -0.15) is 0 Å². The molecule has 1 fully saturated rings. The van der Waals surface area contributed by atoms with Crippen molar-refractivity contribution in [2.45, 2.75) is 65.3 Å². The summed E-state index contributed by atoms with van der Waals surface area (Å²) >= 11 is 0. The molecule has 0 aliphatic carbocycles. The highest BCUT2D eigenvalue weighted by molar-refractivity contribution is 7.89. The Morgan fingerprint density at radius 2 is 1.67 bits per heavy atom. The zero-order valence-electron chi connectivity index (χ0n) is 13.6. The molecule has 21 heavy (non-hydrogen) atoms. The van der Waals surface area contributed by atoms with Gasteiger partial charge in [-0.25, -0.2) is 12.7 Å². The third-order valence-electron chi connectivity index (χ3n) is 4.20. The molecule has 1 aliphatic heterocycles. The van der Waals surface area contributed by atoms with Crippen LogP contribution in [0.3, 0.4) is 0 Å². The zero-order chi connectivity index (χ0) is 15.9. The summed E-state index contributed by atoms with van der Waals surface area (Å²) < 4.78 is 25.1. The van der Waals surface area contributed by atoms with Crippen molar-refractivity contribution in [1.82, 2.24) is 9.62 Å². The maximum absolute atomic E-state index is 12.3. The quantitative estimate of drug-likeness (QED) is 0.745. The molecule has 1 amide bonds. The molecular weight excluding hydrogens is 288 g/mol. The first kappa shape index (κ1) is 18.4. The van der Waals surface area contributed by atoms with Gasteiger partial charge in [0.25, 0.3) is 0 Å². The van der Waals surface area contributed by atoms with Crippen LogP contribution in [0.2, 0.25) is 0 Å². The lowest BCUT2D eigenvalue weighted by Gasteiger charge is -2.32. The summed E-state index contributed by atoms with van der Waals surface area (Å²) in [6.45, 7) is 6.91. The third-order valence-corrected chi connectivity index (χ3v) is 6.09. The molecule has 1 saturated heterocycles. The molecule has 0 aromatic heterocycles. The average molecular weight is 318 g/mol. The van der Waals surface area contributed by atoms with Crippen LogP contribution < -0.4 is 5.32 Å². The van der Waals surface area contributed by atoms with Crippen molar-refractivity contribution in [3.05, 3.63) is 0 Å². The van der Waals surface area contributed by atoms with Gasteiger partial charge in [0, 0.05) is 25.0 Å². The van der Waals surface area contributed by atoms with Gasteiger partial charge >= 0.3 is 0 Å². The summed E-state index contributed by atoms with van der Waals surface area (Å²) in [5, 5.41) is 3.12. The minimum Gasteiger partial charge on any atom is -0.353 e. The van der Waals surface area contributed by atoms with Crippen LogP contribution in [-0.4, -0.2) is 43.5 Å². The Morgan fingerprint density at radius 3 is 2.10 bits per heavy atom. The Labute approximate surface area is 129 Å². The summed E-state index contributed by atoms with van der Waals surface area (Å²) in [7, 11) is -3.09. The number of nitrogens with one attached hydrogen (secondary N) is 1. The molecule has 1 heterocycles. The predicted octanol–water partition coefficient (Wildman–Crippen LogP) is 2.13. The van der Waals surface area contributed by atoms with Crippen LogP contribution in [-0.2, 0) is 14.8 Å². The fourth-order valence-corrected chi connectivity index (χ4v) is 4.02. The molecule has 0 bridgehead atoms. The van der Waals surface area contributed by atoms with Crippen LogP contribution in [0, 0.1) is 5.92 Å². The fourth-order valence-electron chi connectivity index (χ4n) is 2.88. The van der Waals surface area contributed by atoms with Crippen molar-refractivity contribution < 1.29 is 13.2 Å². The summed E-state index contributed by atoms with van der Waals surface area (Å²) in [5.74, 6) is 0.409. The van der Waals surface area contributed by atoms with E-state index in [9.17, 15) is 13.2 Å². The van der Waals surface area contributed by atoms with Crippen LogP contribution in [0.4, 0.5) is 0 Å². The molecule has 0 aromatic carbocycles. The number of hydrogen-bond acceptors (Lipinski definition) is 3. The van der Waals surface area contributed by atoms with Crippen LogP contribution in [0.25, 0.3) is 0 Å². The maximum atomic E-state index is 12.3. The van der Waals surface area contributed by atoms with E-state index in [0.29, 0.717) is 13.1 Å². The Kier molecular flexibility index (Phi) is 7.66. The Hall–Kier alpha value is -0.620. The molecule has 0 aromatic rings. The molecule has 0 saturated carbocycles. The predicted molar refractivity (Wildman–Crippen MR) is 85.5 cm³/mol. The van der Waals surface area contributed by atoms with Crippen LogP contribution in [0.5, 0.6) is 0 Å². The molecule has 1 N–H and O–H groups in total. The Bertz CT molecular complexity index is 409. The molecule has 1 rings (SSSR count). The smallest absolute Gasteiger partial charge is 0.223 e.